The van der Waals surface area contributed by atoms with Crippen molar-refractivity contribution in [2.24, 2.45) is 0 Å². The highest BCUT2D eigenvalue weighted by atomic mass is 15.0. The molecule has 0 radical (unpaired) electrons. The van der Waals surface area contributed by atoms with Crippen LogP contribution in [-0.2, 0) is 0 Å². The summed E-state index contributed by atoms with van der Waals surface area (Å²) in [6.07, 6.45) is 0. The molecule has 5 rings (SSSR count). The van der Waals surface area contributed by atoms with Gasteiger partial charge in [0, 0.05) is 5.39 Å². The third-order valence-corrected chi connectivity index (χ3v) is 3.63. The normalized spacial score (nSPS) is 11.8. The van der Waals surface area contributed by atoms with Gasteiger partial charge < -0.3 is 4.98 Å². The van der Waals surface area contributed by atoms with E-state index in [-0.39, 0.29) is 0 Å². The van der Waals surface area contributed by atoms with Crippen LogP contribution in [0.3, 0.4) is 0 Å². The number of para-hydroxylation sites is 3. The van der Waals surface area contributed by atoms with Gasteiger partial charge in [-0.05, 0) is 18.2 Å². The van der Waals surface area contributed by atoms with Gasteiger partial charge in [0.25, 0.3) is 0 Å². The number of H-pyrrole nitrogens is 1. The molecule has 5 nitrogen and oxygen atoms in total. The molecule has 0 saturated heterocycles. The summed E-state index contributed by atoms with van der Waals surface area (Å²) in [6, 6.07) is 15.8. The number of benzene rings is 2. The van der Waals surface area contributed by atoms with Gasteiger partial charge in [-0.15, -0.1) is 0 Å². The lowest BCUT2D eigenvalue weighted by atomic mass is 10.2. The zero-order valence-electron chi connectivity index (χ0n) is 10.9. The highest BCUT2D eigenvalue weighted by molar-refractivity contribution is 6.05. The highest BCUT2D eigenvalue weighted by Gasteiger charge is 2.11. The molecule has 3 aromatic heterocycles. The first kappa shape index (κ1) is 10.7. The Kier molecular flexibility index (Phi) is 1.90. The van der Waals surface area contributed by atoms with E-state index in [1.165, 1.54) is 0 Å². The molecule has 0 aliphatic heterocycles. The molecule has 21 heavy (non-hydrogen) atoms. The molecule has 2 aromatic carbocycles. The molecule has 3 heterocycles. The van der Waals surface area contributed by atoms with Crippen LogP contribution in [0.2, 0.25) is 0 Å². The van der Waals surface area contributed by atoms with Gasteiger partial charge in [0.15, 0.2) is 16.9 Å². The van der Waals surface area contributed by atoms with E-state index in [1.54, 1.807) is 0 Å². The molecule has 0 aliphatic rings. The first-order valence-electron chi connectivity index (χ1n) is 6.69. The Balaban J connectivity index is 1.99. The predicted octanol–water partition coefficient (Wildman–Crippen LogP) is 3.21. The molecule has 1 N–H and O–H groups in total. The summed E-state index contributed by atoms with van der Waals surface area (Å²) in [5.41, 5.74) is 5.44. The van der Waals surface area contributed by atoms with E-state index < -0.39 is 0 Å². The molecule has 0 fully saturated rings. The van der Waals surface area contributed by atoms with Gasteiger partial charge in [-0.25, -0.2) is 19.9 Å². The van der Waals surface area contributed by atoms with E-state index in [0.717, 1.165) is 27.5 Å². The fourth-order valence-electron chi connectivity index (χ4n) is 2.64. The van der Waals surface area contributed by atoms with E-state index in [0.29, 0.717) is 16.9 Å². The number of hydrogen-bond donors (Lipinski definition) is 1. The van der Waals surface area contributed by atoms with Crippen molar-refractivity contribution >= 4 is 44.4 Å². The summed E-state index contributed by atoms with van der Waals surface area (Å²) in [5.74, 6) is 0. The lowest BCUT2D eigenvalue weighted by Crippen LogP contribution is -1.93. The van der Waals surface area contributed by atoms with Crippen LogP contribution in [-0.4, -0.2) is 24.9 Å². The average molecular weight is 271 g/mol. The molecule has 5 aromatic rings. The third-order valence-electron chi connectivity index (χ3n) is 3.63. The topological polar surface area (TPSA) is 67.3 Å². The minimum Gasteiger partial charge on any atom is -0.335 e. The molecule has 0 bridgehead atoms. The minimum absolute atomic E-state index is 0.587. The average Bonchev–Trinajstić information content (AvgIpc) is 2.88. The van der Waals surface area contributed by atoms with Crippen molar-refractivity contribution < 1.29 is 0 Å². The standard InChI is InChI=1S/C16H9N5/c1-2-6-10-9(5-1)13-14(17-10)21-16-15(20-13)18-11-7-3-4-8-12(11)19-16/h1-8H,(H,18,20). The minimum atomic E-state index is 0.587. The molecule has 98 valence electrons. The zero-order chi connectivity index (χ0) is 13.8. The second kappa shape index (κ2) is 3.73. The largest absolute Gasteiger partial charge is 0.335 e. The smallest absolute Gasteiger partial charge is 0.198 e. The summed E-state index contributed by atoms with van der Waals surface area (Å²) in [4.78, 5) is 21.6. The molecule has 0 atom stereocenters. The summed E-state index contributed by atoms with van der Waals surface area (Å²) < 4.78 is 0. The molecule has 0 spiro atoms. The van der Waals surface area contributed by atoms with Crippen LogP contribution in [0.1, 0.15) is 0 Å². The van der Waals surface area contributed by atoms with Gasteiger partial charge in [-0.2, -0.15) is 0 Å². The van der Waals surface area contributed by atoms with Gasteiger partial charge in [0.2, 0.25) is 0 Å². The van der Waals surface area contributed by atoms with E-state index in [9.17, 15) is 0 Å². The van der Waals surface area contributed by atoms with Gasteiger partial charge in [0.1, 0.15) is 5.52 Å². The Hall–Kier alpha value is -3.08. The van der Waals surface area contributed by atoms with E-state index >= 15 is 0 Å². The molecular weight excluding hydrogens is 262 g/mol. The molecule has 0 aliphatic carbocycles. The first-order chi connectivity index (χ1) is 10.4. The number of aromatic amines is 1. The van der Waals surface area contributed by atoms with E-state index in [4.69, 9.17) is 0 Å². The Bertz CT molecular complexity index is 1140. The Morgan fingerprint density at radius 1 is 0.667 bits per heavy atom. The maximum atomic E-state index is 4.67. The molecule has 0 saturated carbocycles. The number of aromatic nitrogens is 5. The van der Waals surface area contributed by atoms with Crippen molar-refractivity contribution in [2.45, 2.75) is 0 Å². The number of nitrogens with one attached hydrogen (secondary N) is 1. The van der Waals surface area contributed by atoms with Crippen molar-refractivity contribution in [3.8, 4) is 0 Å². The second-order valence-corrected chi connectivity index (χ2v) is 4.95. The van der Waals surface area contributed by atoms with Crippen LogP contribution in [0, 0.1) is 0 Å². The van der Waals surface area contributed by atoms with Gasteiger partial charge >= 0.3 is 0 Å². The monoisotopic (exact) mass is 271 g/mol. The maximum absolute atomic E-state index is 4.67. The summed E-state index contributed by atoms with van der Waals surface area (Å²) in [5, 5.41) is 1.02. The lowest BCUT2D eigenvalue weighted by Gasteiger charge is -2.01. The van der Waals surface area contributed by atoms with Crippen LogP contribution in [0.25, 0.3) is 44.4 Å². The fourth-order valence-corrected chi connectivity index (χ4v) is 2.64. The van der Waals surface area contributed by atoms with Crippen molar-refractivity contribution in [3.05, 3.63) is 48.5 Å². The molecular formula is C16H9N5. The fraction of sp³-hybridized carbons (Fsp3) is 0. The van der Waals surface area contributed by atoms with Crippen LogP contribution in [0.5, 0.6) is 0 Å². The van der Waals surface area contributed by atoms with Crippen LogP contribution in [0.4, 0.5) is 0 Å². The zero-order valence-corrected chi connectivity index (χ0v) is 10.9. The van der Waals surface area contributed by atoms with Crippen molar-refractivity contribution in [1.82, 2.24) is 24.9 Å². The second-order valence-electron chi connectivity index (χ2n) is 4.95. The summed E-state index contributed by atoms with van der Waals surface area (Å²) in [7, 11) is 0. The SMILES string of the molecule is c1ccc2[nH]c3nc4c(nc5ccccc54)nc3nc2c1. The Morgan fingerprint density at radius 2 is 1.43 bits per heavy atom. The van der Waals surface area contributed by atoms with E-state index in [1.807, 2.05) is 48.5 Å². The number of rotatable bonds is 0. The van der Waals surface area contributed by atoms with Crippen molar-refractivity contribution in [3.63, 3.8) is 0 Å². The predicted molar refractivity (Wildman–Crippen MR) is 82.0 cm³/mol. The van der Waals surface area contributed by atoms with E-state index in [2.05, 4.69) is 24.9 Å². The number of nitrogens with zero attached hydrogens (tertiary/aromatic N) is 4. The third kappa shape index (κ3) is 1.45. The van der Waals surface area contributed by atoms with Crippen molar-refractivity contribution in [1.29, 1.82) is 0 Å². The van der Waals surface area contributed by atoms with Gasteiger partial charge in [0.05, 0.1) is 16.6 Å². The summed E-state index contributed by atoms with van der Waals surface area (Å²) >= 11 is 0. The van der Waals surface area contributed by atoms with Gasteiger partial charge in [-0.3, -0.25) is 0 Å². The van der Waals surface area contributed by atoms with Crippen molar-refractivity contribution in [2.75, 3.05) is 0 Å². The first-order valence-corrected chi connectivity index (χ1v) is 6.69. The highest BCUT2D eigenvalue weighted by Crippen LogP contribution is 2.24. The van der Waals surface area contributed by atoms with Crippen LogP contribution < -0.4 is 0 Å². The lowest BCUT2D eigenvalue weighted by molar-refractivity contribution is 1.25. The van der Waals surface area contributed by atoms with Crippen LogP contribution in [0.15, 0.2) is 48.5 Å². The quantitative estimate of drug-likeness (QED) is 0.439. The molecule has 5 heteroatoms. The number of fused-ring (bicyclic) bond motifs is 5. The maximum Gasteiger partial charge on any atom is 0.198 e. The Labute approximate surface area is 118 Å². The molecule has 0 amide bonds. The van der Waals surface area contributed by atoms with Crippen LogP contribution >= 0.6 is 0 Å². The number of hydrogen-bond acceptors (Lipinski definition) is 4. The molecule has 0 unspecified atom stereocenters. The Morgan fingerprint density at radius 3 is 2.38 bits per heavy atom. The van der Waals surface area contributed by atoms with Gasteiger partial charge in [-0.1, -0.05) is 30.3 Å². The summed E-state index contributed by atoms with van der Waals surface area (Å²) in [6.45, 7) is 0.